The Morgan fingerprint density at radius 2 is 2.00 bits per heavy atom. The molecular weight excluding hydrogens is 240 g/mol. The third-order valence-electron chi connectivity index (χ3n) is 3.54. The highest BCUT2D eigenvalue weighted by Crippen LogP contribution is 2.39. The Labute approximate surface area is 115 Å². The second-order valence-corrected chi connectivity index (χ2v) is 5.13. The molecule has 0 bridgehead atoms. The van der Waals surface area contributed by atoms with Gasteiger partial charge in [0, 0.05) is 25.6 Å². The molecule has 0 radical (unpaired) electrons. The number of hydrogen-bond donors (Lipinski definition) is 2. The maximum atomic E-state index is 5.23. The maximum Gasteiger partial charge on any atom is 0.136 e. The zero-order chi connectivity index (χ0) is 13.8. The molecule has 106 valence electrons. The Morgan fingerprint density at radius 3 is 2.53 bits per heavy atom. The summed E-state index contributed by atoms with van der Waals surface area (Å²) in [5, 5.41) is 6.64. The Balaban J connectivity index is 2.24. The minimum atomic E-state index is 0.287. The number of anilines is 2. The van der Waals surface area contributed by atoms with Gasteiger partial charge in [-0.2, -0.15) is 0 Å². The molecule has 1 aromatic heterocycles. The van der Waals surface area contributed by atoms with Crippen molar-refractivity contribution in [2.75, 3.05) is 31.4 Å². The van der Waals surface area contributed by atoms with Crippen LogP contribution < -0.4 is 10.6 Å². The first-order valence-corrected chi connectivity index (χ1v) is 7.01. The first kappa shape index (κ1) is 14.1. The molecule has 5 heteroatoms. The van der Waals surface area contributed by atoms with Gasteiger partial charge in [-0.15, -0.1) is 0 Å². The molecule has 0 saturated heterocycles. The van der Waals surface area contributed by atoms with Gasteiger partial charge in [-0.05, 0) is 26.2 Å². The van der Waals surface area contributed by atoms with Gasteiger partial charge in [0.25, 0.3) is 0 Å². The van der Waals surface area contributed by atoms with Crippen molar-refractivity contribution in [2.45, 2.75) is 45.1 Å². The summed E-state index contributed by atoms with van der Waals surface area (Å²) in [5.41, 5.74) is 1.07. The van der Waals surface area contributed by atoms with Crippen LogP contribution in [0.4, 0.5) is 11.6 Å². The van der Waals surface area contributed by atoms with E-state index in [2.05, 4.69) is 22.5 Å². The molecule has 1 saturated carbocycles. The Morgan fingerprint density at radius 1 is 1.32 bits per heavy atom. The summed E-state index contributed by atoms with van der Waals surface area (Å²) in [4.78, 5) is 9.29. The molecule has 1 aliphatic rings. The second kappa shape index (κ2) is 6.19. The molecule has 0 aliphatic heterocycles. The van der Waals surface area contributed by atoms with Gasteiger partial charge in [-0.25, -0.2) is 9.97 Å². The largest absolute Gasteiger partial charge is 0.383 e. The van der Waals surface area contributed by atoms with Crippen molar-refractivity contribution >= 4 is 11.6 Å². The number of rotatable bonds is 7. The number of methoxy groups -OCH3 is 1. The average Bonchev–Trinajstić information content (AvgIpc) is 3.24. The minimum Gasteiger partial charge on any atom is -0.383 e. The molecule has 0 aromatic carbocycles. The van der Waals surface area contributed by atoms with Gasteiger partial charge in [0.2, 0.25) is 0 Å². The second-order valence-electron chi connectivity index (χ2n) is 5.13. The van der Waals surface area contributed by atoms with Crippen molar-refractivity contribution in [3.63, 3.8) is 0 Å². The smallest absolute Gasteiger partial charge is 0.136 e. The van der Waals surface area contributed by atoms with E-state index in [4.69, 9.17) is 9.72 Å². The fraction of sp³-hybridized carbons (Fsp3) is 0.714. The van der Waals surface area contributed by atoms with Crippen LogP contribution in [-0.2, 0) is 4.74 Å². The van der Waals surface area contributed by atoms with E-state index in [9.17, 15) is 0 Å². The van der Waals surface area contributed by atoms with E-state index in [-0.39, 0.29) is 6.04 Å². The van der Waals surface area contributed by atoms with Crippen LogP contribution in [0.15, 0.2) is 0 Å². The predicted octanol–water partition coefficient (Wildman–Crippen LogP) is 2.54. The summed E-state index contributed by atoms with van der Waals surface area (Å²) in [7, 11) is 3.63. The van der Waals surface area contributed by atoms with Gasteiger partial charge >= 0.3 is 0 Å². The molecule has 1 atom stereocenters. The zero-order valence-corrected chi connectivity index (χ0v) is 12.3. The highest BCUT2D eigenvalue weighted by molar-refractivity contribution is 5.57. The Hall–Kier alpha value is -1.36. The molecule has 1 unspecified atom stereocenters. The number of nitrogens with one attached hydrogen (secondary N) is 2. The number of nitrogens with zero attached hydrogens (tertiary/aromatic N) is 2. The summed E-state index contributed by atoms with van der Waals surface area (Å²) in [6.07, 6.45) is 3.42. The fourth-order valence-corrected chi connectivity index (χ4v) is 2.10. The van der Waals surface area contributed by atoms with Crippen LogP contribution in [0.2, 0.25) is 0 Å². The first-order valence-electron chi connectivity index (χ1n) is 7.01. The van der Waals surface area contributed by atoms with Crippen LogP contribution in [0.1, 0.15) is 43.5 Å². The summed E-state index contributed by atoms with van der Waals surface area (Å²) < 4.78 is 5.23. The summed E-state index contributed by atoms with van der Waals surface area (Å²) in [5.74, 6) is 3.37. The van der Waals surface area contributed by atoms with E-state index in [0.29, 0.717) is 12.5 Å². The van der Waals surface area contributed by atoms with Gasteiger partial charge < -0.3 is 15.4 Å². The summed E-state index contributed by atoms with van der Waals surface area (Å²) in [6.45, 7) is 4.88. The number of hydrogen-bond acceptors (Lipinski definition) is 5. The zero-order valence-electron chi connectivity index (χ0n) is 12.3. The molecular formula is C14H24N4O. The van der Waals surface area contributed by atoms with Gasteiger partial charge in [-0.1, -0.05) is 6.92 Å². The minimum absolute atomic E-state index is 0.287. The SMILES string of the molecule is CCC(COC)Nc1nc(C2CC2)nc(NC)c1C. The van der Waals surface area contributed by atoms with E-state index >= 15 is 0 Å². The van der Waals surface area contributed by atoms with E-state index in [0.717, 1.165) is 29.4 Å². The quantitative estimate of drug-likeness (QED) is 0.792. The molecule has 5 nitrogen and oxygen atoms in total. The molecule has 2 N–H and O–H groups in total. The molecule has 0 spiro atoms. The van der Waals surface area contributed by atoms with E-state index in [1.165, 1.54) is 12.8 Å². The van der Waals surface area contributed by atoms with Crippen LogP contribution >= 0.6 is 0 Å². The third kappa shape index (κ3) is 3.35. The monoisotopic (exact) mass is 264 g/mol. The van der Waals surface area contributed by atoms with Crippen LogP contribution in [0.3, 0.4) is 0 Å². The Kier molecular flexibility index (Phi) is 4.58. The average molecular weight is 264 g/mol. The number of ether oxygens (including phenoxy) is 1. The summed E-state index contributed by atoms with van der Waals surface area (Å²) >= 11 is 0. The highest BCUT2D eigenvalue weighted by atomic mass is 16.5. The van der Waals surface area contributed by atoms with Gasteiger partial charge in [0.15, 0.2) is 0 Å². The van der Waals surface area contributed by atoms with Crippen LogP contribution in [0.5, 0.6) is 0 Å². The van der Waals surface area contributed by atoms with Gasteiger partial charge in [-0.3, -0.25) is 0 Å². The fourth-order valence-electron chi connectivity index (χ4n) is 2.10. The third-order valence-corrected chi connectivity index (χ3v) is 3.54. The predicted molar refractivity (Wildman–Crippen MR) is 77.9 cm³/mol. The molecule has 1 aromatic rings. The lowest BCUT2D eigenvalue weighted by Crippen LogP contribution is -2.25. The molecule has 1 heterocycles. The van der Waals surface area contributed by atoms with Crippen molar-refractivity contribution in [3.8, 4) is 0 Å². The van der Waals surface area contributed by atoms with Crippen LogP contribution in [0, 0.1) is 6.92 Å². The van der Waals surface area contributed by atoms with Crippen molar-refractivity contribution < 1.29 is 4.74 Å². The number of aromatic nitrogens is 2. The molecule has 1 aliphatic carbocycles. The maximum absolute atomic E-state index is 5.23. The van der Waals surface area contributed by atoms with Crippen LogP contribution in [-0.4, -0.2) is 36.8 Å². The van der Waals surface area contributed by atoms with Gasteiger partial charge in [0.1, 0.15) is 17.5 Å². The lowest BCUT2D eigenvalue weighted by Gasteiger charge is -2.19. The van der Waals surface area contributed by atoms with E-state index < -0.39 is 0 Å². The van der Waals surface area contributed by atoms with E-state index in [1.807, 2.05) is 14.0 Å². The molecule has 0 amide bonds. The lowest BCUT2D eigenvalue weighted by molar-refractivity contribution is 0.184. The van der Waals surface area contributed by atoms with Crippen molar-refractivity contribution in [1.82, 2.24) is 9.97 Å². The van der Waals surface area contributed by atoms with Crippen molar-refractivity contribution in [1.29, 1.82) is 0 Å². The Bertz CT molecular complexity index is 432. The molecule has 1 fully saturated rings. The topological polar surface area (TPSA) is 59.1 Å². The molecule has 2 rings (SSSR count). The van der Waals surface area contributed by atoms with Crippen LogP contribution in [0.25, 0.3) is 0 Å². The summed E-state index contributed by atoms with van der Waals surface area (Å²) in [6, 6.07) is 0.287. The standard InChI is InChI=1S/C14H24N4O/c1-5-11(8-19-4)16-13-9(2)12(15-3)17-14(18-13)10-6-7-10/h10-11H,5-8H2,1-4H3,(H2,15,16,17,18). The van der Waals surface area contributed by atoms with Gasteiger partial charge in [0.05, 0.1) is 12.6 Å². The van der Waals surface area contributed by atoms with E-state index in [1.54, 1.807) is 7.11 Å². The highest BCUT2D eigenvalue weighted by Gasteiger charge is 2.28. The first-order chi connectivity index (χ1) is 9.19. The molecule has 19 heavy (non-hydrogen) atoms. The van der Waals surface area contributed by atoms with Crippen molar-refractivity contribution in [3.05, 3.63) is 11.4 Å². The lowest BCUT2D eigenvalue weighted by atomic mass is 10.2. The normalized spacial score (nSPS) is 16.2. The van der Waals surface area contributed by atoms with Crippen molar-refractivity contribution in [2.24, 2.45) is 0 Å².